The van der Waals surface area contributed by atoms with Crippen molar-refractivity contribution >= 4 is 13.5 Å². The molecule has 1 atom stereocenters. The first-order valence-electron chi connectivity index (χ1n) is 4.89. The first-order chi connectivity index (χ1) is 6.94. The van der Waals surface area contributed by atoms with Crippen LogP contribution in [0.2, 0.25) is 0 Å². The van der Waals surface area contributed by atoms with Gasteiger partial charge in [-0.05, 0) is 12.8 Å². The summed E-state index contributed by atoms with van der Waals surface area (Å²) in [6, 6.07) is -0.172. The Hall–Kier alpha value is -0.420. The SMILES string of the molecule is O=C(CCP(=O)(O)O)N1CCCC1CO. The highest BCUT2D eigenvalue weighted by atomic mass is 31.2. The summed E-state index contributed by atoms with van der Waals surface area (Å²) in [6.07, 6.45) is 1.03. The molecule has 6 nitrogen and oxygen atoms in total. The molecule has 0 aromatic rings. The van der Waals surface area contributed by atoms with Gasteiger partial charge in [0.15, 0.2) is 0 Å². The van der Waals surface area contributed by atoms with E-state index >= 15 is 0 Å². The second kappa shape index (κ2) is 5.07. The van der Waals surface area contributed by atoms with Crippen LogP contribution in [0.5, 0.6) is 0 Å². The topological polar surface area (TPSA) is 98.1 Å². The summed E-state index contributed by atoms with van der Waals surface area (Å²) in [5, 5.41) is 8.97. The van der Waals surface area contributed by atoms with E-state index in [1.54, 1.807) is 0 Å². The number of carbonyl (C=O) groups excluding carboxylic acids is 1. The first-order valence-corrected chi connectivity index (χ1v) is 6.68. The van der Waals surface area contributed by atoms with E-state index in [4.69, 9.17) is 14.9 Å². The average molecular weight is 237 g/mol. The Morgan fingerprint density at radius 3 is 2.67 bits per heavy atom. The summed E-state index contributed by atoms with van der Waals surface area (Å²) < 4.78 is 10.6. The van der Waals surface area contributed by atoms with Gasteiger partial charge in [-0.3, -0.25) is 9.36 Å². The highest BCUT2D eigenvalue weighted by Gasteiger charge is 2.28. The van der Waals surface area contributed by atoms with Gasteiger partial charge in [-0.25, -0.2) is 0 Å². The number of aliphatic hydroxyl groups is 1. The summed E-state index contributed by atoms with van der Waals surface area (Å²) >= 11 is 0. The fourth-order valence-electron chi connectivity index (χ4n) is 1.74. The standard InChI is InChI=1S/C8H16NO5P/c10-6-7-2-1-4-9(7)8(11)3-5-15(12,13)14/h7,10H,1-6H2,(H2,12,13,14). The van der Waals surface area contributed by atoms with Crippen molar-refractivity contribution in [3.05, 3.63) is 0 Å². The third kappa shape index (κ3) is 3.91. The van der Waals surface area contributed by atoms with Crippen LogP contribution in [0.4, 0.5) is 0 Å². The highest BCUT2D eigenvalue weighted by Crippen LogP contribution is 2.35. The molecule has 7 heteroatoms. The maximum Gasteiger partial charge on any atom is 0.326 e. The maximum absolute atomic E-state index is 11.5. The van der Waals surface area contributed by atoms with E-state index in [1.165, 1.54) is 4.90 Å². The van der Waals surface area contributed by atoms with Gasteiger partial charge >= 0.3 is 7.60 Å². The second-order valence-electron chi connectivity index (χ2n) is 3.70. The van der Waals surface area contributed by atoms with E-state index in [9.17, 15) is 9.36 Å². The van der Waals surface area contributed by atoms with Crippen molar-refractivity contribution in [3.8, 4) is 0 Å². The molecule has 0 saturated carbocycles. The molecule has 0 spiro atoms. The van der Waals surface area contributed by atoms with Crippen molar-refractivity contribution < 1.29 is 24.3 Å². The van der Waals surface area contributed by atoms with Gasteiger partial charge in [0.2, 0.25) is 5.91 Å². The molecular formula is C8H16NO5P. The lowest BCUT2D eigenvalue weighted by atomic mass is 10.2. The summed E-state index contributed by atoms with van der Waals surface area (Å²) in [5.74, 6) is -0.283. The molecule has 1 fully saturated rings. The van der Waals surface area contributed by atoms with Crippen molar-refractivity contribution in [1.82, 2.24) is 4.90 Å². The lowest BCUT2D eigenvalue weighted by Gasteiger charge is -2.22. The lowest BCUT2D eigenvalue weighted by Crippen LogP contribution is -2.37. The smallest absolute Gasteiger partial charge is 0.326 e. The lowest BCUT2D eigenvalue weighted by molar-refractivity contribution is -0.132. The van der Waals surface area contributed by atoms with E-state index in [1.807, 2.05) is 0 Å². The molecule has 1 rings (SSSR count). The van der Waals surface area contributed by atoms with Crippen LogP contribution in [-0.4, -0.2) is 51.1 Å². The molecule has 3 N–H and O–H groups in total. The molecule has 15 heavy (non-hydrogen) atoms. The second-order valence-corrected chi connectivity index (χ2v) is 5.48. The quantitative estimate of drug-likeness (QED) is 0.574. The van der Waals surface area contributed by atoms with Crippen LogP contribution in [-0.2, 0) is 9.36 Å². The largest absolute Gasteiger partial charge is 0.394 e. The summed E-state index contributed by atoms with van der Waals surface area (Å²) in [5.41, 5.74) is 0. The summed E-state index contributed by atoms with van der Waals surface area (Å²) in [6.45, 7) is 0.493. The van der Waals surface area contributed by atoms with Gasteiger partial charge in [0, 0.05) is 13.0 Å². The first kappa shape index (κ1) is 12.6. The molecule has 0 aromatic heterocycles. The van der Waals surface area contributed by atoms with E-state index in [0.717, 1.165) is 12.8 Å². The molecule has 0 aliphatic carbocycles. The zero-order valence-electron chi connectivity index (χ0n) is 8.37. The van der Waals surface area contributed by atoms with Crippen LogP contribution >= 0.6 is 7.60 Å². The number of hydrogen-bond donors (Lipinski definition) is 3. The van der Waals surface area contributed by atoms with Crippen LogP contribution in [0.1, 0.15) is 19.3 Å². The fourth-order valence-corrected chi connectivity index (χ4v) is 2.22. The molecule has 1 saturated heterocycles. The van der Waals surface area contributed by atoms with Crippen molar-refractivity contribution in [3.63, 3.8) is 0 Å². The predicted octanol–water partition coefficient (Wildman–Crippen LogP) is -0.463. The van der Waals surface area contributed by atoms with Gasteiger partial charge in [-0.15, -0.1) is 0 Å². The normalized spacial score (nSPS) is 22.1. The van der Waals surface area contributed by atoms with Crippen LogP contribution in [0, 0.1) is 0 Å². The van der Waals surface area contributed by atoms with Crippen LogP contribution in [0.25, 0.3) is 0 Å². The van der Waals surface area contributed by atoms with Gasteiger partial charge < -0.3 is 19.8 Å². The van der Waals surface area contributed by atoms with E-state index in [0.29, 0.717) is 6.54 Å². The number of rotatable bonds is 4. The zero-order valence-corrected chi connectivity index (χ0v) is 9.27. The fraction of sp³-hybridized carbons (Fsp3) is 0.875. The minimum atomic E-state index is -4.10. The summed E-state index contributed by atoms with van der Waals surface area (Å²) in [7, 11) is -4.10. The minimum absolute atomic E-state index is 0.0817. The minimum Gasteiger partial charge on any atom is -0.394 e. The predicted molar refractivity (Wildman–Crippen MR) is 53.3 cm³/mol. The molecule has 1 aliphatic rings. The Morgan fingerprint density at radius 1 is 1.47 bits per heavy atom. The van der Waals surface area contributed by atoms with Crippen molar-refractivity contribution in [1.29, 1.82) is 0 Å². The van der Waals surface area contributed by atoms with Crippen LogP contribution in [0.3, 0.4) is 0 Å². The van der Waals surface area contributed by atoms with Crippen molar-refractivity contribution in [2.24, 2.45) is 0 Å². The molecule has 1 amide bonds. The van der Waals surface area contributed by atoms with Gasteiger partial charge in [-0.2, -0.15) is 0 Å². The number of carbonyl (C=O) groups is 1. The number of aliphatic hydroxyl groups excluding tert-OH is 1. The Morgan fingerprint density at radius 2 is 2.13 bits per heavy atom. The molecule has 1 heterocycles. The van der Waals surface area contributed by atoms with Gasteiger partial charge in [0.1, 0.15) is 0 Å². The zero-order chi connectivity index (χ0) is 11.5. The molecule has 0 radical (unpaired) electrons. The molecule has 1 unspecified atom stereocenters. The molecule has 1 aliphatic heterocycles. The number of hydrogen-bond acceptors (Lipinski definition) is 3. The number of amides is 1. The van der Waals surface area contributed by atoms with Gasteiger partial charge in [0.25, 0.3) is 0 Å². The Bertz CT molecular complexity index is 276. The number of nitrogens with zero attached hydrogens (tertiary/aromatic N) is 1. The Kier molecular flexibility index (Phi) is 4.28. The third-order valence-corrected chi connectivity index (χ3v) is 3.33. The Balaban J connectivity index is 2.43. The summed E-state index contributed by atoms with van der Waals surface area (Å²) in [4.78, 5) is 30.3. The third-order valence-electron chi connectivity index (χ3n) is 2.53. The van der Waals surface area contributed by atoms with Gasteiger partial charge in [-0.1, -0.05) is 0 Å². The highest BCUT2D eigenvalue weighted by molar-refractivity contribution is 7.51. The molecule has 0 bridgehead atoms. The van der Waals surface area contributed by atoms with E-state index in [2.05, 4.69) is 0 Å². The Labute approximate surface area is 88.1 Å². The van der Waals surface area contributed by atoms with E-state index in [-0.39, 0.29) is 25.0 Å². The average Bonchev–Trinajstić information content (AvgIpc) is 2.60. The number of likely N-dealkylation sites (tertiary alicyclic amines) is 1. The monoisotopic (exact) mass is 237 g/mol. The van der Waals surface area contributed by atoms with E-state index < -0.39 is 13.8 Å². The molecule has 88 valence electrons. The van der Waals surface area contributed by atoms with Crippen LogP contribution in [0.15, 0.2) is 0 Å². The van der Waals surface area contributed by atoms with Crippen LogP contribution < -0.4 is 0 Å². The molecular weight excluding hydrogens is 221 g/mol. The molecule has 0 aromatic carbocycles. The van der Waals surface area contributed by atoms with Crippen molar-refractivity contribution in [2.75, 3.05) is 19.3 Å². The van der Waals surface area contributed by atoms with Gasteiger partial charge in [0.05, 0.1) is 18.8 Å². The maximum atomic E-state index is 11.5. The van der Waals surface area contributed by atoms with Crippen molar-refractivity contribution in [2.45, 2.75) is 25.3 Å².